The SMILES string of the molecule is CC1(C)c2cc(N(c3ccc(-c4ccccc4)cc3)c3ccc(-c4ccc(N(c5ccc(-c6ccccc6)cc5)c5ccc(-c6ccccc6)cc5)cc4)cc3)ccc2-c2c1ccc1c3ccccc3c3ccccc3c21. The van der Waals surface area contributed by atoms with Gasteiger partial charge < -0.3 is 9.80 Å². The fourth-order valence-corrected chi connectivity index (χ4v) is 12.1. The topological polar surface area (TPSA) is 6.48 Å². The highest BCUT2D eigenvalue weighted by molar-refractivity contribution is 6.29. The van der Waals surface area contributed by atoms with Crippen LogP contribution in [0.3, 0.4) is 0 Å². The summed E-state index contributed by atoms with van der Waals surface area (Å²) >= 11 is 0. The molecular formula is C75H54N2. The van der Waals surface area contributed by atoms with Crippen molar-refractivity contribution in [2.45, 2.75) is 19.3 Å². The first-order valence-corrected chi connectivity index (χ1v) is 26.7. The quantitative estimate of drug-likeness (QED) is 0.126. The van der Waals surface area contributed by atoms with E-state index < -0.39 is 0 Å². The Morgan fingerprint density at radius 3 is 0.896 bits per heavy atom. The molecule has 2 nitrogen and oxygen atoms in total. The van der Waals surface area contributed by atoms with E-state index in [-0.39, 0.29) is 5.41 Å². The molecule has 1 aliphatic carbocycles. The molecule has 0 radical (unpaired) electrons. The molecule has 2 heteroatoms. The van der Waals surface area contributed by atoms with Crippen molar-refractivity contribution in [3.8, 4) is 55.6 Å². The van der Waals surface area contributed by atoms with Crippen LogP contribution in [0.15, 0.2) is 291 Å². The summed E-state index contributed by atoms with van der Waals surface area (Å²) in [6.07, 6.45) is 0. The van der Waals surface area contributed by atoms with Crippen LogP contribution in [-0.2, 0) is 5.41 Å². The summed E-state index contributed by atoms with van der Waals surface area (Å²) in [5.41, 5.74) is 21.3. The Balaban J connectivity index is 0.833. The van der Waals surface area contributed by atoms with Crippen LogP contribution in [0.25, 0.3) is 88.0 Å². The summed E-state index contributed by atoms with van der Waals surface area (Å²) in [7, 11) is 0. The van der Waals surface area contributed by atoms with E-state index in [1.807, 2.05) is 0 Å². The minimum absolute atomic E-state index is 0.229. The maximum Gasteiger partial charge on any atom is 0.0465 e. The second kappa shape index (κ2) is 18.9. The molecule has 0 N–H and O–H groups in total. The molecule has 1 aliphatic rings. The lowest BCUT2D eigenvalue weighted by Gasteiger charge is -2.28. The van der Waals surface area contributed by atoms with Gasteiger partial charge in [0.25, 0.3) is 0 Å². The third-order valence-corrected chi connectivity index (χ3v) is 16.1. The van der Waals surface area contributed by atoms with Crippen molar-refractivity contribution in [3.05, 3.63) is 302 Å². The second-order valence-electron chi connectivity index (χ2n) is 20.9. The molecule has 0 unspecified atom stereocenters. The van der Waals surface area contributed by atoms with E-state index in [1.165, 1.54) is 88.0 Å². The second-order valence-corrected chi connectivity index (χ2v) is 20.9. The fraction of sp³-hybridized carbons (Fsp3) is 0.0400. The predicted octanol–water partition coefficient (Wildman–Crippen LogP) is 21.1. The minimum Gasteiger partial charge on any atom is -0.311 e. The maximum atomic E-state index is 2.46. The van der Waals surface area contributed by atoms with Crippen LogP contribution < -0.4 is 9.80 Å². The van der Waals surface area contributed by atoms with Crippen LogP contribution in [0.1, 0.15) is 25.0 Å². The number of fused-ring (bicyclic) bond motifs is 10. The number of hydrogen-bond donors (Lipinski definition) is 0. The molecule has 0 amide bonds. The molecule has 0 spiro atoms. The van der Waals surface area contributed by atoms with Crippen LogP contribution in [0.2, 0.25) is 0 Å². The van der Waals surface area contributed by atoms with Gasteiger partial charge in [0.2, 0.25) is 0 Å². The van der Waals surface area contributed by atoms with Crippen molar-refractivity contribution < 1.29 is 0 Å². The van der Waals surface area contributed by atoms with Gasteiger partial charge in [-0.2, -0.15) is 0 Å². The van der Waals surface area contributed by atoms with Crippen LogP contribution >= 0.6 is 0 Å². The number of hydrogen-bond acceptors (Lipinski definition) is 2. The van der Waals surface area contributed by atoms with Crippen LogP contribution in [0, 0.1) is 0 Å². The zero-order chi connectivity index (χ0) is 51.5. The fourth-order valence-electron chi connectivity index (χ4n) is 12.1. The summed E-state index contributed by atoms with van der Waals surface area (Å²) < 4.78 is 0. The zero-order valence-corrected chi connectivity index (χ0v) is 43.1. The van der Waals surface area contributed by atoms with Crippen molar-refractivity contribution in [2.75, 3.05) is 9.80 Å². The largest absolute Gasteiger partial charge is 0.311 e. The first-order chi connectivity index (χ1) is 37.9. The van der Waals surface area contributed by atoms with E-state index >= 15 is 0 Å². The first kappa shape index (κ1) is 45.8. The summed E-state index contributed by atoms with van der Waals surface area (Å²) in [5, 5.41) is 7.85. The van der Waals surface area contributed by atoms with E-state index in [2.05, 4.69) is 315 Å². The molecule has 13 aromatic carbocycles. The smallest absolute Gasteiger partial charge is 0.0465 e. The van der Waals surface area contributed by atoms with Gasteiger partial charge in [-0.25, -0.2) is 0 Å². The Hall–Kier alpha value is -9.76. The van der Waals surface area contributed by atoms with Crippen molar-refractivity contribution in [1.82, 2.24) is 0 Å². The van der Waals surface area contributed by atoms with E-state index in [9.17, 15) is 0 Å². The van der Waals surface area contributed by atoms with Crippen molar-refractivity contribution in [1.29, 1.82) is 0 Å². The molecule has 0 saturated heterocycles. The van der Waals surface area contributed by atoms with Crippen LogP contribution in [0.5, 0.6) is 0 Å². The van der Waals surface area contributed by atoms with E-state index in [0.717, 1.165) is 45.3 Å². The Morgan fingerprint density at radius 2 is 0.519 bits per heavy atom. The first-order valence-electron chi connectivity index (χ1n) is 26.7. The number of rotatable bonds is 10. The molecule has 0 aromatic heterocycles. The normalized spacial score (nSPS) is 12.4. The van der Waals surface area contributed by atoms with E-state index in [1.54, 1.807) is 0 Å². The third-order valence-electron chi connectivity index (χ3n) is 16.1. The maximum absolute atomic E-state index is 2.46. The van der Waals surface area contributed by atoms with Crippen LogP contribution in [-0.4, -0.2) is 0 Å². The minimum atomic E-state index is -0.229. The van der Waals surface area contributed by atoms with Gasteiger partial charge in [0, 0.05) is 39.5 Å². The van der Waals surface area contributed by atoms with Crippen LogP contribution in [0.4, 0.5) is 34.1 Å². The number of benzene rings is 13. The highest BCUT2D eigenvalue weighted by Gasteiger charge is 2.38. The zero-order valence-electron chi connectivity index (χ0n) is 43.1. The van der Waals surface area contributed by atoms with E-state index in [4.69, 9.17) is 0 Å². The monoisotopic (exact) mass is 982 g/mol. The van der Waals surface area contributed by atoms with Crippen molar-refractivity contribution in [3.63, 3.8) is 0 Å². The summed E-state index contributed by atoms with van der Waals surface area (Å²) in [6, 6.07) is 107. The molecule has 0 fully saturated rings. The summed E-state index contributed by atoms with van der Waals surface area (Å²) in [5.74, 6) is 0. The van der Waals surface area contributed by atoms with Gasteiger partial charge in [0.15, 0.2) is 0 Å². The molecule has 0 bridgehead atoms. The molecule has 0 atom stereocenters. The molecule has 0 saturated carbocycles. The molecule has 14 rings (SSSR count). The highest BCUT2D eigenvalue weighted by atomic mass is 15.1. The Kier molecular flexibility index (Phi) is 11.2. The third kappa shape index (κ3) is 8.05. The molecule has 13 aromatic rings. The Labute approximate surface area is 451 Å². The van der Waals surface area contributed by atoms with Crippen molar-refractivity contribution in [2.24, 2.45) is 0 Å². The molecule has 0 heterocycles. The van der Waals surface area contributed by atoms with Gasteiger partial charge >= 0.3 is 0 Å². The predicted molar refractivity (Wildman–Crippen MR) is 328 cm³/mol. The molecular weight excluding hydrogens is 929 g/mol. The highest BCUT2D eigenvalue weighted by Crippen LogP contribution is 2.55. The van der Waals surface area contributed by atoms with E-state index in [0.29, 0.717) is 0 Å². The molecule has 77 heavy (non-hydrogen) atoms. The van der Waals surface area contributed by atoms with Crippen molar-refractivity contribution >= 4 is 66.4 Å². The summed E-state index contributed by atoms with van der Waals surface area (Å²) in [4.78, 5) is 4.77. The van der Waals surface area contributed by atoms with Gasteiger partial charge in [-0.1, -0.05) is 232 Å². The Bertz CT molecular complexity index is 4160. The van der Waals surface area contributed by atoms with Gasteiger partial charge in [-0.15, -0.1) is 0 Å². The Morgan fingerprint density at radius 1 is 0.234 bits per heavy atom. The lowest BCUT2D eigenvalue weighted by molar-refractivity contribution is 0.661. The number of nitrogens with zero attached hydrogens (tertiary/aromatic N) is 2. The lowest BCUT2D eigenvalue weighted by atomic mass is 9.81. The summed E-state index contributed by atoms with van der Waals surface area (Å²) in [6.45, 7) is 4.80. The van der Waals surface area contributed by atoms with Gasteiger partial charge in [-0.3, -0.25) is 0 Å². The van der Waals surface area contributed by atoms with Gasteiger partial charge in [-0.05, 0) is 172 Å². The average molecular weight is 983 g/mol. The standard InChI is InChI=1S/C75H54N2/c1-75(2)71-49-48-69-67-24-13-12-22-65(67)66-23-14-15-25-68(66)73(69)74(71)70-47-46-64(50-72(70)75)77(62-42-30-56(31-43-62)53-20-10-5-11-21-53)63-44-34-58(35-45-63)57-32-40-61(41-33-57)76(59-36-26-54(27-37-59)51-16-6-3-7-17-51)60-38-28-55(29-39-60)52-18-8-4-9-19-52/h3-50H,1-2H3. The number of anilines is 6. The van der Waals surface area contributed by atoms with Gasteiger partial charge in [0.1, 0.15) is 0 Å². The average Bonchev–Trinajstić information content (AvgIpc) is 3.99. The molecule has 364 valence electrons. The molecule has 0 aliphatic heterocycles. The lowest BCUT2D eigenvalue weighted by Crippen LogP contribution is -2.16. The van der Waals surface area contributed by atoms with Gasteiger partial charge in [0.05, 0.1) is 0 Å².